The van der Waals surface area contributed by atoms with E-state index in [4.69, 9.17) is 11.6 Å². The molecule has 1 unspecified atom stereocenters. The molecule has 2 nitrogen and oxygen atoms in total. The molecule has 0 radical (unpaired) electrons. The van der Waals surface area contributed by atoms with Gasteiger partial charge in [-0.05, 0) is 79.4 Å². The number of anilines is 1. The van der Waals surface area contributed by atoms with Crippen molar-refractivity contribution in [2.75, 3.05) is 25.0 Å². The van der Waals surface area contributed by atoms with Crippen LogP contribution in [0.1, 0.15) is 26.7 Å². The topological polar surface area (TPSA) is 15.3 Å². The number of nitrogens with zero attached hydrogens (tertiary/aromatic N) is 1. The molecule has 1 saturated heterocycles. The van der Waals surface area contributed by atoms with E-state index in [1.807, 2.05) is 18.2 Å². The minimum atomic E-state index is 0.480. The highest BCUT2D eigenvalue weighted by molar-refractivity contribution is 9.10. The van der Waals surface area contributed by atoms with E-state index in [1.165, 1.54) is 32.5 Å². The van der Waals surface area contributed by atoms with Crippen molar-refractivity contribution < 1.29 is 0 Å². The van der Waals surface area contributed by atoms with Crippen molar-refractivity contribution in [3.8, 4) is 0 Å². The first-order valence-corrected chi connectivity index (χ1v) is 8.21. The third-order valence-corrected chi connectivity index (χ3v) is 5.02. The first kappa shape index (κ1) is 15.1. The van der Waals surface area contributed by atoms with Gasteiger partial charge in [0.1, 0.15) is 0 Å². The minimum absolute atomic E-state index is 0.480. The molecular formula is C15H22BrClN2. The Hall–Kier alpha value is -0.250. The van der Waals surface area contributed by atoms with E-state index in [9.17, 15) is 0 Å². The zero-order chi connectivity index (χ0) is 13.8. The Labute approximate surface area is 129 Å². The molecular weight excluding hydrogens is 324 g/mol. The molecule has 0 bridgehead atoms. The van der Waals surface area contributed by atoms with Crippen LogP contribution < -0.4 is 5.32 Å². The van der Waals surface area contributed by atoms with Gasteiger partial charge in [0, 0.05) is 15.5 Å². The predicted molar refractivity (Wildman–Crippen MR) is 87.1 cm³/mol. The van der Waals surface area contributed by atoms with Gasteiger partial charge in [0.05, 0.1) is 5.69 Å². The SMILES string of the molecule is CCN1CCC(C(C)Nc2cc(Cl)ccc2Br)CC1. The van der Waals surface area contributed by atoms with Gasteiger partial charge < -0.3 is 10.2 Å². The molecule has 1 aliphatic heterocycles. The zero-order valence-corrected chi connectivity index (χ0v) is 14.0. The monoisotopic (exact) mass is 344 g/mol. The molecule has 1 aliphatic rings. The quantitative estimate of drug-likeness (QED) is 0.855. The summed E-state index contributed by atoms with van der Waals surface area (Å²) in [5.74, 6) is 0.744. The lowest BCUT2D eigenvalue weighted by Crippen LogP contribution is -2.39. The summed E-state index contributed by atoms with van der Waals surface area (Å²) < 4.78 is 1.08. The summed E-state index contributed by atoms with van der Waals surface area (Å²) >= 11 is 9.63. The van der Waals surface area contributed by atoms with E-state index >= 15 is 0 Å². The predicted octanol–water partition coefficient (Wildman–Crippen LogP) is 4.63. The van der Waals surface area contributed by atoms with E-state index < -0.39 is 0 Å². The summed E-state index contributed by atoms with van der Waals surface area (Å²) in [5.41, 5.74) is 1.10. The van der Waals surface area contributed by atoms with E-state index in [1.54, 1.807) is 0 Å². The summed E-state index contributed by atoms with van der Waals surface area (Å²) in [5, 5.41) is 4.38. The molecule has 1 fully saturated rings. The third kappa shape index (κ3) is 4.11. The van der Waals surface area contributed by atoms with Crippen LogP contribution in [-0.4, -0.2) is 30.6 Å². The van der Waals surface area contributed by atoms with Crippen molar-refractivity contribution in [2.24, 2.45) is 5.92 Å². The summed E-state index contributed by atoms with van der Waals surface area (Å²) in [6.07, 6.45) is 2.56. The van der Waals surface area contributed by atoms with Crippen LogP contribution in [0.2, 0.25) is 5.02 Å². The van der Waals surface area contributed by atoms with Crippen LogP contribution >= 0.6 is 27.5 Å². The highest BCUT2D eigenvalue weighted by atomic mass is 79.9. The van der Waals surface area contributed by atoms with Gasteiger partial charge in [0.25, 0.3) is 0 Å². The third-order valence-electron chi connectivity index (χ3n) is 4.10. The fraction of sp³-hybridized carbons (Fsp3) is 0.600. The van der Waals surface area contributed by atoms with Crippen molar-refractivity contribution in [3.63, 3.8) is 0 Å². The molecule has 2 rings (SSSR count). The van der Waals surface area contributed by atoms with Gasteiger partial charge >= 0.3 is 0 Å². The van der Waals surface area contributed by atoms with E-state index in [2.05, 4.69) is 40.0 Å². The molecule has 106 valence electrons. The van der Waals surface area contributed by atoms with Crippen LogP contribution in [0.4, 0.5) is 5.69 Å². The summed E-state index contributed by atoms with van der Waals surface area (Å²) in [7, 11) is 0. The van der Waals surface area contributed by atoms with E-state index in [0.717, 1.165) is 21.1 Å². The summed E-state index contributed by atoms with van der Waals surface area (Å²) in [6, 6.07) is 6.37. The van der Waals surface area contributed by atoms with Gasteiger partial charge in [-0.1, -0.05) is 18.5 Å². The fourth-order valence-corrected chi connectivity index (χ4v) is 3.27. The van der Waals surface area contributed by atoms with Gasteiger partial charge in [0.2, 0.25) is 0 Å². The summed E-state index contributed by atoms with van der Waals surface area (Å²) in [4.78, 5) is 2.53. The van der Waals surface area contributed by atoms with Gasteiger partial charge in [-0.2, -0.15) is 0 Å². The lowest BCUT2D eigenvalue weighted by atomic mass is 9.90. The van der Waals surface area contributed by atoms with Gasteiger partial charge in [0.15, 0.2) is 0 Å². The molecule has 1 atom stereocenters. The first-order valence-electron chi connectivity index (χ1n) is 7.04. The molecule has 4 heteroatoms. The Morgan fingerprint density at radius 2 is 2.11 bits per heavy atom. The van der Waals surface area contributed by atoms with E-state index in [0.29, 0.717) is 6.04 Å². The number of likely N-dealkylation sites (tertiary alicyclic amines) is 1. The average molecular weight is 346 g/mol. The molecule has 1 N–H and O–H groups in total. The smallest absolute Gasteiger partial charge is 0.0501 e. The van der Waals surface area contributed by atoms with Crippen molar-refractivity contribution in [1.29, 1.82) is 0 Å². The number of hydrogen-bond acceptors (Lipinski definition) is 2. The number of piperidine rings is 1. The number of rotatable bonds is 4. The second kappa shape index (κ2) is 6.96. The second-order valence-electron chi connectivity index (χ2n) is 5.33. The van der Waals surface area contributed by atoms with Crippen LogP contribution in [0.15, 0.2) is 22.7 Å². The van der Waals surface area contributed by atoms with Crippen LogP contribution in [-0.2, 0) is 0 Å². The van der Waals surface area contributed by atoms with Crippen LogP contribution in [0.25, 0.3) is 0 Å². The van der Waals surface area contributed by atoms with Crippen LogP contribution in [0.3, 0.4) is 0 Å². The van der Waals surface area contributed by atoms with Gasteiger partial charge in [-0.25, -0.2) is 0 Å². The van der Waals surface area contributed by atoms with E-state index in [-0.39, 0.29) is 0 Å². The highest BCUT2D eigenvalue weighted by Gasteiger charge is 2.23. The largest absolute Gasteiger partial charge is 0.381 e. The van der Waals surface area contributed by atoms with Crippen molar-refractivity contribution in [2.45, 2.75) is 32.7 Å². The average Bonchev–Trinajstić information content (AvgIpc) is 2.43. The Morgan fingerprint density at radius 1 is 1.42 bits per heavy atom. The summed E-state index contributed by atoms with van der Waals surface area (Å²) in [6.45, 7) is 8.15. The first-order chi connectivity index (χ1) is 9.10. The lowest BCUT2D eigenvalue weighted by Gasteiger charge is -2.35. The maximum atomic E-state index is 6.06. The van der Waals surface area contributed by atoms with Crippen LogP contribution in [0.5, 0.6) is 0 Å². The molecule has 1 heterocycles. The maximum absolute atomic E-state index is 6.06. The molecule has 0 amide bonds. The van der Waals surface area contributed by atoms with Crippen LogP contribution in [0, 0.1) is 5.92 Å². The number of nitrogens with one attached hydrogen (secondary N) is 1. The molecule has 19 heavy (non-hydrogen) atoms. The molecule has 0 aromatic heterocycles. The molecule has 0 spiro atoms. The fourth-order valence-electron chi connectivity index (χ4n) is 2.74. The Morgan fingerprint density at radius 3 is 2.74 bits per heavy atom. The van der Waals surface area contributed by atoms with Crippen molar-refractivity contribution >= 4 is 33.2 Å². The Balaban J connectivity index is 1.94. The lowest BCUT2D eigenvalue weighted by molar-refractivity contribution is 0.183. The number of hydrogen-bond donors (Lipinski definition) is 1. The van der Waals surface area contributed by atoms with Gasteiger partial charge in [-0.3, -0.25) is 0 Å². The second-order valence-corrected chi connectivity index (χ2v) is 6.62. The minimum Gasteiger partial charge on any atom is -0.381 e. The Bertz CT molecular complexity index is 417. The number of benzene rings is 1. The molecule has 0 aliphatic carbocycles. The molecule has 1 aromatic carbocycles. The zero-order valence-electron chi connectivity index (χ0n) is 11.6. The van der Waals surface area contributed by atoms with Crippen molar-refractivity contribution in [1.82, 2.24) is 4.90 Å². The number of halogens is 2. The Kier molecular flexibility index (Phi) is 5.55. The van der Waals surface area contributed by atoms with Crippen molar-refractivity contribution in [3.05, 3.63) is 27.7 Å². The highest BCUT2D eigenvalue weighted by Crippen LogP contribution is 2.29. The maximum Gasteiger partial charge on any atom is 0.0501 e. The molecule has 1 aromatic rings. The normalized spacial score (nSPS) is 19.4. The standard InChI is InChI=1S/C15H22BrClN2/c1-3-19-8-6-12(7-9-19)11(2)18-15-10-13(17)4-5-14(15)16/h4-5,10-12,18H,3,6-9H2,1-2H3. The van der Waals surface area contributed by atoms with Gasteiger partial charge in [-0.15, -0.1) is 0 Å². The molecule has 0 saturated carbocycles.